The van der Waals surface area contributed by atoms with Crippen molar-refractivity contribution in [3.8, 4) is 0 Å². The Bertz CT molecular complexity index is 243. The van der Waals surface area contributed by atoms with Crippen LogP contribution < -0.4 is 5.32 Å². The van der Waals surface area contributed by atoms with Crippen LogP contribution in [-0.4, -0.2) is 41.4 Å². The minimum Gasteiger partial charge on any atom is -0.375 e. The third-order valence-electron chi connectivity index (χ3n) is 3.10. The van der Waals surface area contributed by atoms with Crippen LogP contribution in [0.5, 0.6) is 0 Å². The Morgan fingerprint density at radius 3 is 2.87 bits per heavy atom. The van der Waals surface area contributed by atoms with Crippen molar-refractivity contribution in [3.63, 3.8) is 0 Å². The van der Waals surface area contributed by atoms with Gasteiger partial charge in [-0.1, -0.05) is 6.92 Å². The first kappa shape index (κ1) is 11.1. The van der Waals surface area contributed by atoms with Gasteiger partial charge in [0.2, 0.25) is 0 Å². The van der Waals surface area contributed by atoms with E-state index in [1.165, 1.54) is 12.8 Å². The van der Waals surface area contributed by atoms with Crippen LogP contribution in [-0.2, 0) is 4.74 Å². The molecule has 86 valence electrons. The fraction of sp³-hybridized carbons (Fsp3) is 0.909. The summed E-state index contributed by atoms with van der Waals surface area (Å²) in [4.78, 5) is 2.31. The van der Waals surface area contributed by atoms with Crippen molar-refractivity contribution in [3.05, 3.63) is 0 Å². The fourth-order valence-electron chi connectivity index (χ4n) is 1.92. The van der Waals surface area contributed by atoms with Crippen molar-refractivity contribution >= 4 is 17.3 Å². The molecule has 2 unspecified atom stereocenters. The fourth-order valence-corrected chi connectivity index (χ4v) is 2.31. The Labute approximate surface area is 97.2 Å². The number of hydrogen-bond acceptors (Lipinski definition) is 2. The summed E-state index contributed by atoms with van der Waals surface area (Å²) in [7, 11) is 0. The molecule has 2 aliphatic rings. The Morgan fingerprint density at radius 1 is 1.53 bits per heavy atom. The van der Waals surface area contributed by atoms with Crippen LogP contribution in [0.25, 0.3) is 0 Å². The van der Waals surface area contributed by atoms with Crippen LogP contribution in [0.1, 0.15) is 33.1 Å². The molecule has 0 bridgehead atoms. The Hall–Kier alpha value is -0.350. The van der Waals surface area contributed by atoms with Gasteiger partial charge in [-0.15, -0.1) is 0 Å². The number of hydrogen-bond donors (Lipinski definition) is 1. The maximum Gasteiger partial charge on any atom is 0.169 e. The topological polar surface area (TPSA) is 24.5 Å². The van der Waals surface area contributed by atoms with Crippen molar-refractivity contribution in [2.24, 2.45) is 0 Å². The summed E-state index contributed by atoms with van der Waals surface area (Å²) in [5.74, 6) is 0. The SMILES string of the molecule is CCC1COC(C)CN1C(=S)NC1CC1. The molecule has 0 radical (unpaired) electrons. The van der Waals surface area contributed by atoms with Crippen LogP contribution in [0.15, 0.2) is 0 Å². The van der Waals surface area contributed by atoms with E-state index in [4.69, 9.17) is 17.0 Å². The predicted molar refractivity (Wildman–Crippen MR) is 65.0 cm³/mol. The molecule has 15 heavy (non-hydrogen) atoms. The zero-order valence-electron chi connectivity index (χ0n) is 9.53. The van der Waals surface area contributed by atoms with E-state index in [-0.39, 0.29) is 0 Å². The molecule has 1 aliphatic carbocycles. The molecule has 3 nitrogen and oxygen atoms in total. The molecule has 1 heterocycles. The lowest BCUT2D eigenvalue weighted by molar-refractivity contribution is -0.0287. The summed E-state index contributed by atoms with van der Waals surface area (Å²) in [6, 6.07) is 1.10. The van der Waals surface area contributed by atoms with Crippen LogP contribution >= 0.6 is 12.2 Å². The number of nitrogens with one attached hydrogen (secondary N) is 1. The van der Waals surface area contributed by atoms with Crippen LogP contribution in [0, 0.1) is 0 Å². The van der Waals surface area contributed by atoms with Crippen molar-refractivity contribution in [1.82, 2.24) is 10.2 Å². The highest BCUT2D eigenvalue weighted by molar-refractivity contribution is 7.80. The van der Waals surface area contributed by atoms with Crippen molar-refractivity contribution in [2.45, 2.75) is 51.3 Å². The molecular formula is C11H20N2OS. The summed E-state index contributed by atoms with van der Waals surface area (Å²) in [6.45, 7) is 6.04. The van der Waals surface area contributed by atoms with Crippen LogP contribution in [0.4, 0.5) is 0 Å². The Morgan fingerprint density at radius 2 is 2.27 bits per heavy atom. The zero-order valence-corrected chi connectivity index (χ0v) is 10.3. The normalized spacial score (nSPS) is 31.5. The molecule has 1 aliphatic heterocycles. The lowest BCUT2D eigenvalue weighted by atomic mass is 10.1. The van der Waals surface area contributed by atoms with Gasteiger partial charge in [0.1, 0.15) is 0 Å². The second kappa shape index (κ2) is 4.66. The number of ether oxygens (including phenoxy) is 1. The van der Waals surface area contributed by atoms with Gasteiger partial charge in [-0.05, 0) is 38.4 Å². The highest BCUT2D eigenvalue weighted by atomic mass is 32.1. The highest BCUT2D eigenvalue weighted by Crippen LogP contribution is 2.21. The van der Waals surface area contributed by atoms with E-state index in [0.717, 1.165) is 24.7 Å². The van der Waals surface area contributed by atoms with Gasteiger partial charge in [0.15, 0.2) is 5.11 Å². The molecule has 0 spiro atoms. The van der Waals surface area contributed by atoms with E-state index in [9.17, 15) is 0 Å². The average Bonchev–Trinajstić information content (AvgIpc) is 3.01. The third kappa shape index (κ3) is 2.82. The largest absolute Gasteiger partial charge is 0.375 e. The van der Waals surface area contributed by atoms with Gasteiger partial charge < -0.3 is 15.0 Å². The average molecular weight is 228 g/mol. The molecule has 2 fully saturated rings. The maximum absolute atomic E-state index is 5.65. The van der Waals surface area contributed by atoms with Gasteiger partial charge in [-0.25, -0.2) is 0 Å². The minimum atomic E-state index is 0.298. The molecule has 0 aromatic rings. The van der Waals surface area contributed by atoms with Gasteiger partial charge >= 0.3 is 0 Å². The predicted octanol–water partition coefficient (Wildman–Crippen LogP) is 1.52. The molecule has 0 amide bonds. The lowest BCUT2D eigenvalue weighted by Crippen LogP contribution is -2.54. The third-order valence-corrected chi connectivity index (χ3v) is 3.46. The van der Waals surface area contributed by atoms with Gasteiger partial charge in [-0.3, -0.25) is 0 Å². The van der Waals surface area contributed by atoms with Crippen LogP contribution in [0.3, 0.4) is 0 Å². The molecule has 4 heteroatoms. The summed E-state index contributed by atoms with van der Waals surface area (Å²) >= 11 is 5.45. The van der Waals surface area contributed by atoms with Gasteiger partial charge in [0, 0.05) is 12.6 Å². The van der Waals surface area contributed by atoms with E-state index < -0.39 is 0 Å². The number of nitrogens with zero attached hydrogens (tertiary/aromatic N) is 1. The summed E-state index contributed by atoms with van der Waals surface area (Å²) in [5, 5.41) is 4.34. The minimum absolute atomic E-state index is 0.298. The van der Waals surface area contributed by atoms with Gasteiger partial charge in [0.25, 0.3) is 0 Å². The molecule has 2 atom stereocenters. The molecule has 1 saturated heterocycles. The molecule has 1 N–H and O–H groups in total. The Balaban J connectivity index is 1.92. The van der Waals surface area contributed by atoms with Crippen molar-refractivity contribution < 1.29 is 4.74 Å². The van der Waals surface area contributed by atoms with E-state index in [1.54, 1.807) is 0 Å². The number of rotatable bonds is 2. The summed E-state index contributed by atoms with van der Waals surface area (Å²) in [5.41, 5.74) is 0. The summed E-state index contributed by atoms with van der Waals surface area (Å²) < 4.78 is 5.65. The number of thiocarbonyl (C=S) groups is 1. The van der Waals surface area contributed by atoms with Crippen molar-refractivity contribution in [2.75, 3.05) is 13.2 Å². The van der Waals surface area contributed by atoms with Gasteiger partial charge in [0.05, 0.1) is 18.8 Å². The van der Waals surface area contributed by atoms with E-state index in [2.05, 4.69) is 24.1 Å². The molecule has 0 aromatic carbocycles. The highest BCUT2D eigenvalue weighted by Gasteiger charge is 2.30. The standard InChI is InChI=1S/C11H20N2OS/c1-3-10-7-14-8(2)6-13(10)11(15)12-9-4-5-9/h8-10H,3-7H2,1-2H3,(H,12,15). The second-order valence-corrected chi connectivity index (χ2v) is 4.97. The molecule has 2 rings (SSSR count). The molecule has 0 aromatic heterocycles. The van der Waals surface area contributed by atoms with Crippen LogP contribution in [0.2, 0.25) is 0 Å². The number of morpholine rings is 1. The van der Waals surface area contributed by atoms with E-state index in [0.29, 0.717) is 18.2 Å². The summed E-state index contributed by atoms with van der Waals surface area (Å²) in [6.07, 6.45) is 3.94. The smallest absolute Gasteiger partial charge is 0.169 e. The first-order valence-electron chi connectivity index (χ1n) is 5.89. The molecular weight excluding hydrogens is 208 g/mol. The quantitative estimate of drug-likeness (QED) is 0.724. The lowest BCUT2D eigenvalue weighted by Gasteiger charge is -2.40. The molecule has 1 saturated carbocycles. The maximum atomic E-state index is 5.65. The zero-order chi connectivity index (χ0) is 10.8. The second-order valence-electron chi connectivity index (χ2n) is 4.58. The first-order valence-corrected chi connectivity index (χ1v) is 6.30. The van der Waals surface area contributed by atoms with E-state index >= 15 is 0 Å². The van der Waals surface area contributed by atoms with Crippen molar-refractivity contribution in [1.29, 1.82) is 0 Å². The Kier molecular flexibility index (Phi) is 3.46. The first-order chi connectivity index (χ1) is 7.20. The monoisotopic (exact) mass is 228 g/mol. The van der Waals surface area contributed by atoms with Gasteiger partial charge in [-0.2, -0.15) is 0 Å². The van der Waals surface area contributed by atoms with E-state index in [1.807, 2.05) is 0 Å².